The summed E-state index contributed by atoms with van der Waals surface area (Å²) in [5.41, 5.74) is 5.84. The minimum atomic E-state index is 0.102. The van der Waals surface area contributed by atoms with Crippen LogP contribution >= 0.6 is 0 Å². The summed E-state index contributed by atoms with van der Waals surface area (Å²) in [5, 5.41) is 4.64. The topological polar surface area (TPSA) is 49.6 Å². The van der Waals surface area contributed by atoms with Gasteiger partial charge in [0.2, 0.25) is 0 Å². The second-order valence-corrected chi connectivity index (χ2v) is 5.03. The highest BCUT2D eigenvalue weighted by Crippen LogP contribution is 2.30. The van der Waals surface area contributed by atoms with Crippen LogP contribution in [0.15, 0.2) is 0 Å². The Kier molecular flexibility index (Phi) is 3.95. The van der Waals surface area contributed by atoms with Crippen LogP contribution in [0.2, 0.25) is 0 Å². The van der Waals surface area contributed by atoms with Gasteiger partial charge in [-0.2, -0.15) is 0 Å². The van der Waals surface area contributed by atoms with Crippen LogP contribution in [0.4, 0.5) is 0 Å². The molecule has 2 fully saturated rings. The maximum atomic E-state index is 11.0. The van der Waals surface area contributed by atoms with Crippen molar-refractivity contribution in [2.75, 3.05) is 19.6 Å². The van der Waals surface area contributed by atoms with Gasteiger partial charge in [-0.05, 0) is 25.2 Å². The molecule has 2 N–H and O–H groups in total. The lowest BCUT2D eigenvalue weighted by atomic mass is 10.0. The number of carbonyl (C=O) groups excluding carboxylic acids is 1. The first-order valence-electron chi connectivity index (χ1n) is 6.48. The van der Waals surface area contributed by atoms with Crippen LogP contribution in [0.1, 0.15) is 32.6 Å². The molecule has 0 saturated carbocycles. The van der Waals surface area contributed by atoms with E-state index in [0.29, 0.717) is 12.6 Å². The number of nitrogens with two attached hydrogens (primary N) is 1. The Morgan fingerprint density at radius 2 is 2.25 bits per heavy atom. The number of carbonyl (C=O) groups is 1. The molecule has 0 aromatic heterocycles. The number of hydrogen-bond acceptors (Lipinski definition) is 4. The Morgan fingerprint density at radius 1 is 1.44 bits per heavy atom. The zero-order chi connectivity index (χ0) is 11.5. The van der Waals surface area contributed by atoms with Crippen molar-refractivity contribution >= 4 is 6.29 Å². The average Bonchev–Trinajstić information content (AvgIpc) is 2.93. The summed E-state index contributed by atoms with van der Waals surface area (Å²) < 4.78 is 0. The number of rotatable bonds is 4. The summed E-state index contributed by atoms with van der Waals surface area (Å²) in [6, 6.07) is 0.551. The van der Waals surface area contributed by atoms with Crippen molar-refractivity contribution in [3.63, 3.8) is 0 Å². The van der Waals surface area contributed by atoms with Crippen LogP contribution < -0.4 is 5.73 Å². The lowest BCUT2D eigenvalue weighted by molar-refractivity contribution is -0.120. The molecule has 0 bridgehead atoms. The first kappa shape index (κ1) is 12.0. The molecule has 4 heteroatoms. The predicted octanol–water partition coefficient (Wildman–Crippen LogP) is 0.624. The first-order chi connectivity index (χ1) is 7.80. The van der Waals surface area contributed by atoms with Gasteiger partial charge in [-0.3, -0.25) is 0 Å². The fourth-order valence-electron chi connectivity index (χ4n) is 3.06. The van der Waals surface area contributed by atoms with E-state index in [0.717, 1.165) is 38.1 Å². The van der Waals surface area contributed by atoms with Gasteiger partial charge in [0.25, 0.3) is 0 Å². The molecule has 3 atom stereocenters. The molecule has 2 saturated heterocycles. The van der Waals surface area contributed by atoms with Gasteiger partial charge < -0.3 is 10.5 Å². The molecule has 4 nitrogen and oxygen atoms in total. The average molecular weight is 225 g/mol. The second-order valence-electron chi connectivity index (χ2n) is 5.03. The Hall–Kier alpha value is -0.450. The lowest BCUT2D eigenvalue weighted by Gasteiger charge is -2.35. The number of nitrogens with zero attached hydrogens (tertiary/aromatic N) is 2. The molecule has 2 rings (SSSR count). The van der Waals surface area contributed by atoms with E-state index in [1.807, 2.05) is 0 Å². The minimum Gasteiger partial charge on any atom is -0.329 e. The minimum absolute atomic E-state index is 0.102. The normalized spacial score (nSPS) is 37.0. The molecule has 92 valence electrons. The van der Waals surface area contributed by atoms with E-state index < -0.39 is 0 Å². The van der Waals surface area contributed by atoms with E-state index >= 15 is 0 Å². The van der Waals surface area contributed by atoms with Gasteiger partial charge in [-0.15, -0.1) is 0 Å². The molecule has 16 heavy (non-hydrogen) atoms. The molecule has 2 heterocycles. The van der Waals surface area contributed by atoms with E-state index in [1.165, 1.54) is 12.8 Å². The third-order valence-corrected chi connectivity index (χ3v) is 4.08. The maximum Gasteiger partial charge on any atom is 0.138 e. The summed E-state index contributed by atoms with van der Waals surface area (Å²) in [7, 11) is 0. The van der Waals surface area contributed by atoms with E-state index in [9.17, 15) is 4.79 Å². The highest BCUT2D eigenvalue weighted by atomic mass is 16.1. The first-order valence-corrected chi connectivity index (χ1v) is 6.48. The Labute approximate surface area is 97.7 Å². The van der Waals surface area contributed by atoms with E-state index in [1.54, 1.807) is 0 Å². The monoisotopic (exact) mass is 225 g/mol. The Balaban J connectivity index is 2.04. The van der Waals surface area contributed by atoms with Gasteiger partial charge in [0.05, 0.1) is 6.04 Å². The predicted molar refractivity (Wildman–Crippen MR) is 63.7 cm³/mol. The van der Waals surface area contributed by atoms with Gasteiger partial charge in [0.1, 0.15) is 6.29 Å². The quantitative estimate of drug-likeness (QED) is 0.713. The number of hydrazine groups is 1. The molecule has 0 aliphatic carbocycles. The SMILES string of the molecule is CCC1CC(CN)N(N2CCCC2C=O)C1. The summed E-state index contributed by atoms with van der Waals surface area (Å²) in [6.07, 6.45) is 5.64. The molecule has 2 aliphatic rings. The van der Waals surface area contributed by atoms with Crippen LogP contribution in [0.5, 0.6) is 0 Å². The number of aldehydes is 1. The van der Waals surface area contributed by atoms with Gasteiger partial charge in [0, 0.05) is 25.7 Å². The van der Waals surface area contributed by atoms with Crippen molar-refractivity contribution in [3.8, 4) is 0 Å². The summed E-state index contributed by atoms with van der Waals surface area (Å²) in [5.74, 6) is 0.751. The van der Waals surface area contributed by atoms with Gasteiger partial charge in [-0.25, -0.2) is 10.0 Å². The van der Waals surface area contributed by atoms with E-state index in [-0.39, 0.29) is 6.04 Å². The van der Waals surface area contributed by atoms with Crippen molar-refractivity contribution in [2.45, 2.75) is 44.7 Å². The zero-order valence-corrected chi connectivity index (χ0v) is 10.1. The smallest absolute Gasteiger partial charge is 0.138 e. The third-order valence-electron chi connectivity index (χ3n) is 4.08. The van der Waals surface area contributed by atoms with Crippen LogP contribution in [-0.4, -0.2) is 48.0 Å². The number of hydrogen-bond donors (Lipinski definition) is 1. The van der Waals surface area contributed by atoms with Gasteiger partial charge >= 0.3 is 0 Å². The van der Waals surface area contributed by atoms with Crippen molar-refractivity contribution in [1.29, 1.82) is 0 Å². The van der Waals surface area contributed by atoms with Crippen molar-refractivity contribution in [2.24, 2.45) is 11.7 Å². The van der Waals surface area contributed by atoms with E-state index in [2.05, 4.69) is 16.9 Å². The standard InChI is InChI=1S/C12H23N3O/c1-2-10-6-12(7-13)15(8-10)14-5-3-4-11(14)9-16/h9-12H,2-8,13H2,1H3. The molecule has 3 unspecified atom stereocenters. The lowest BCUT2D eigenvalue weighted by Crippen LogP contribution is -2.50. The molecule has 0 aromatic carbocycles. The fraction of sp³-hybridized carbons (Fsp3) is 0.917. The van der Waals surface area contributed by atoms with Gasteiger partial charge in [-0.1, -0.05) is 13.3 Å². The molecule has 0 spiro atoms. The van der Waals surface area contributed by atoms with Crippen LogP contribution in [0, 0.1) is 5.92 Å². The zero-order valence-electron chi connectivity index (χ0n) is 10.1. The molecular weight excluding hydrogens is 202 g/mol. The summed E-state index contributed by atoms with van der Waals surface area (Å²) in [4.78, 5) is 11.0. The highest BCUT2D eigenvalue weighted by molar-refractivity contribution is 5.57. The third kappa shape index (κ3) is 2.14. The Bertz CT molecular complexity index is 246. The van der Waals surface area contributed by atoms with Gasteiger partial charge in [0.15, 0.2) is 0 Å². The molecule has 0 radical (unpaired) electrons. The highest BCUT2D eigenvalue weighted by Gasteiger charge is 2.38. The van der Waals surface area contributed by atoms with E-state index in [4.69, 9.17) is 5.73 Å². The summed E-state index contributed by atoms with van der Waals surface area (Å²) in [6.45, 7) is 5.06. The van der Waals surface area contributed by atoms with Crippen molar-refractivity contribution in [1.82, 2.24) is 10.0 Å². The molecule has 0 aromatic rings. The Morgan fingerprint density at radius 3 is 2.88 bits per heavy atom. The second kappa shape index (κ2) is 5.25. The van der Waals surface area contributed by atoms with Crippen LogP contribution in [-0.2, 0) is 4.79 Å². The maximum absolute atomic E-state index is 11.0. The van der Waals surface area contributed by atoms with Crippen molar-refractivity contribution < 1.29 is 4.79 Å². The summed E-state index contributed by atoms with van der Waals surface area (Å²) >= 11 is 0. The molecule has 0 amide bonds. The fourth-order valence-corrected chi connectivity index (χ4v) is 3.06. The molecular formula is C12H23N3O. The largest absolute Gasteiger partial charge is 0.329 e. The molecule has 2 aliphatic heterocycles. The van der Waals surface area contributed by atoms with Crippen LogP contribution in [0.3, 0.4) is 0 Å². The van der Waals surface area contributed by atoms with Crippen molar-refractivity contribution in [3.05, 3.63) is 0 Å². The van der Waals surface area contributed by atoms with Crippen LogP contribution in [0.25, 0.3) is 0 Å².